The first-order valence-corrected chi connectivity index (χ1v) is 9.76. The minimum absolute atomic E-state index is 0.00435. The van der Waals surface area contributed by atoms with Gasteiger partial charge in [-0.05, 0) is 68.7 Å². The van der Waals surface area contributed by atoms with Gasteiger partial charge in [0.2, 0.25) is 0 Å². The van der Waals surface area contributed by atoms with E-state index in [-0.39, 0.29) is 17.5 Å². The molecule has 132 valence electrons. The first kappa shape index (κ1) is 15.4. The average Bonchev–Trinajstić information content (AvgIpc) is 3.49. The number of nitrogens with two attached hydrogens (primary N) is 1. The summed E-state index contributed by atoms with van der Waals surface area (Å²) in [7, 11) is 0. The van der Waals surface area contributed by atoms with Crippen molar-refractivity contribution in [3.8, 4) is 0 Å². The Morgan fingerprint density at radius 1 is 1.16 bits per heavy atom. The van der Waals surface area contributed by atoms with Crippen molar-refractivity contribution in [2.45, 2.75) is 68.9 Å². The minimum Gasteiger partial charge on any atom is -0.461 e. The van der Waals surface area contributed by atoms with Crippen LogP contribution in [0, 0.1) is 5.92 Å². The van der Waals surface area contributed by atoms with Gasteiger partial charge in [0.05, 0.1) is 0 Å². The van der Waals surface area contributed by atoms with E-state index in [1.807, 2.05) is 18.2 Å². The van der Waals surface area contributed by atoms with Gasteiger partial charge in [0.1, 0.15) is 11.3 Å². The molecule has 3 saturated carbocycles. The second-order valence-corrected chi connectivity index (χ2v) is 8.40. The molecule has 25 heavy (non-hydrogen) atoms. The van der Waals surface area contributed by atoms with E-state index in [4.69, 9.17) is 10.2 Å². The zero-order chi connectivity index (χ0) is 17.0. The highest BCUT2D eigenvalue weighted by Gasteiger charge is 2.49. The van der Waals surface area contributed by atoms with Crippen LogP contribution in [-0.2, 0) is 0 Å². The molecule has 3 aliphatic rings. The van der Waals surface area contributed by atoms with Crippen LogP contribution in [0.3, 0.4) is 0 Å². The highest BCUT2D eigenvalue weighted by Crippen LogP contribution is 2.44. The molecule has 3 N–H and O–H groups in total. The van der Waals surface area contributed by atoms with Gasteiger partial charge in [0.25, 0.3) is 5.91 Å². The fourth-order valence-corrected chi connectivity index (χ4v) is 4.48. The Balaban J connectivity index is 1.38. The number of hydrogen-bond donors (Lipinski definition) is 2. The third-order valence-electron chi connectivity index (χ3n) is 6.38. The monoisotopic (exact) mass is 338 g/mol. The fraction of sp³-hybridized carbons (Fsp3) is 0.571. The summed E-state index contributed by atoms with van der Waals surface area (Å²) in [4.78, 5) is 12.9. The summed E-state index contributed by atoms with van der Waals surface area (Å²) in [6.07, 6.45) is 9.39. The Labute approximate surface area is 148 Å². The third-order valence-corrected chi connectivity index (χ3v) is 6.38. The van der Waals surface area contributed by atoms with Gasteiger partial charge in [-0.1, -0.05) is 12.8 Å². The maximum absolute atomic E-state index is 12.9. The van der Waals surface area contributed by atoms with Crippen molar-refractivity contribution in [3.05, 3.63) is 35.6 Å². The maximum Gasteiger partial charge on any atom is 0.251 e. The predicted molar refractivity (Wildman–Crippen MR) is 97.6 cm³/mol. The number of nitrogens with one attached hydrogen (secondary N) is 1. The van der Waals surface area contributed by atoms with Gasteiger partial charge in [0.15, 0.2) is 0 Å². The predicted octanol–water partition coefficient (Wildman–Crippen LogP) is 4.09. The second kappa shape index (κ2) is 5.60. The molecule has 1 heterocycles. The molecule has 0 saturated heterocycles. The van der Waals surface area contributed by atoms with Crippen LogP contribution in [0.15, 0.2) is 28.7 Å². The Morgan fingerprint density at radius 2 is 1.92 bits per heavy atom. The highest BCUT2D eigenvalue weighted by atomic mass is 16.3. The van der Waals surface area contributed by atoms with Crippen molar-refractivity contribution in [1.82, 2.24) is 5.32 Å². The number of benzene rings is 1. The summed E-state index contributed by atoms with van der Waals surface area (Å²) in [5.41, 5.74) is 7.91. The average molecular weight is 338 g/mol. The van der Waals surface area contributed by atoms with Crippen LogP contribution in [0.5, 0.6) is 0 Å². The molecule has 1 aromatic carbocycles. The Morgan fingerprint density at radius 3 is 2.60 bits per heavy atom. The van der Waals surface area contributed by atoms with E-state index in [0.29, 0.717) is 17.4 Å². The van der Waals surface area contributed by atoms with E-state index in [9.17, 15) is 4.79 Å². The molecule has 1 amide bonds. The van der Waals surface area contributed by atoms with Crippen LogP contribution in [-0.4, -0.2) is 17.5 Å². The van der Waals surface area contributed by atoms with E-state index < -0.39 is 0 Å². The van der Waals surface area contributed by atoms with Gasteiger partial charge in [-0.15, -0.1) is 0 Å². The highest BCUT2D eigenvalue weighted by molar-refractivity contribution is 5.98. The molecule has 0 aliphatic heterocycles. The van der Waals surface area contributed by atoms with Crippen molar-refractivity contribution < 1.29 is 9.21 Å². The molecule has 1 atom stereocenters. The fourth-order valence-electron chi connectivity index (χ4n) is 4.48. The molecular formula is C21H26N2O2. The van der Waals surface area contributed by atoms with Gasteiger partial charge in [0, 0.05) is 28.4 Å². The molecule has 0 bridgehead atoms. The van der Waals surface area contributed by atoms with E-state index in [1.165, 1.54) is 38.5 Å². The standard InChI is InChI=1S/C21H26N2O2/c22-21(9-10-21)19(14-3-1-2-4-14)23-20(24)15-7-8-17-16(11-15)12-18(25-17)13-5-6-13/h7-8,11-14,19H,1-6,9-10,22H2,(H,23,24). The van der Waals surface area contributed by atoms with Crippen molar-refractivity contribution in [2.75, 3.05) is 0 Å². The Bertz CT molecular complexity index is 810. The lowest BCUT2D eigenvalue weighted by Crippen LogP contribution is -2.53. The number of carbonyl (C=O) groups is 1. The zero-order valence-electron chi connectivity index (χ0n) is 14.6. The second-order valence-electron chi connectivity index (χ2n) is 8.40. The topological polar surface area (TPSA) is 68.3 Å². The lowest BCUT2D eigenvalue weighted by atomic mass is 9.90. The summed E-state index contributed by atoms with van der Waals surface area (Å²) in [6.45, 7) is 0. The molecule has 3 aliphatic carbocycles. The number of fused-ring (bicyclic) bond motifs is 1. The van der Waals surface area contributed by atoms with Gasteiger partial charge in [-0.2, -0.15) is 0 Å². The van der Waals surface area contributed by atoms with Crippen LogP contribution < -0.4 is 11.1 Å². The SMILES string of the molecule is NC1(C(NC(=O)c2ccc3oc(C4CC4)cc3c2)C2CCCC2)CC1. The van der Waals surface area contributed by atoms with E-state index in [2.05, 4.69) is 11.4 Å². The minimum atomic E-state index is -0.177. The third kappa shape index (κ3) is 2.86. The van der Waals surface area contributed by atoms with Gasteiger partial charge in [-0.3, -0.25) is 4.79 Å². The summed E-state index contributed by atoms with van der Waals surface area (Å²) in [5.74, 6) is 2.19. The molecule has 3 fully saturated rings. The largest absolute Gasteiger partial charge is 0.461 e. The number of rotatable bonds is 5. The number of carbonyl (C=O) groups excluding carboxylic acids is 1. The molecule has 1 unspecified atom stereocenters. The lowest BCUT2D eigenvalue weighted by Gasteiger charge is -2.30. The molecule has 1 aromatic heterocycles. The van der Waals surface area contributed by atoms with E-state index in [1.54, 1.807) is 0 Å². The molecule has 4 heteroatoms. The molecule has 0 radical (unpaired) electrons. The number of amides is 1. The van der Waals surface area contributed by atoms with Crippen molar-refractivity contribution in [2.24, 2.45) is 11.7 Å². The van der Waals surface area contributed by atoms with Crippen LogP contribution in [0.25, 0.3) is 11.0 Å². The molecule has 0 spiro atoms. The van der Waals surface area contributed by atoms with Gasteiger partial charge < -0.3 is 15.5 Å². The van der Waals surface area contributed by atoms with Crippen molar-refractivity contribution >= 4 is 16.9 Å². The zero-order valence-corrected chi connectivity index (χ0v) is 14.6. The Kier molecular flexibility index (Phi) is 3.46. The first-order valence-electron chi connectivity index (χ1n) is 9.76. The van der Waals surface area contributed by atoms with Gasteiger partial charge in [-0.25, -0.2) is 0 Å². The number of furan rings is 1. The van der Waals surface area contributed by atoms with Gasteiger partial charge >= 0.3 is 0 Å². The first-order chi connectivity index (χ1) is 12.1. The van der Waals surface area contributed by atoms with Crippen LogP contribution >= 0.6 is 0 Å². The summed E-state index contributed by atoms with van der Waals surface area (Å²) in [5, 5.41) is 4.32. The summed E-state index contributed by atoms with van der Waals surface area (Å²) in [6, 6.07) is 7.98. The quantitative estimate of drug-likeness (QED) is 0.863. The molecular weight excluding hydrogens is 312 g/mol. The summed E-state index contributed by atoms with van der Waals surface area (Å²) < 4.78 is 5.90. The maximum atomic E-state index is 12.9. The van der Waals surface area contributed by atoms with Crippen molar-refractivity contribution in [3.63, 3.8) is 0 Å². The van der Waals surface area contributed by atoms with Crippen LogP contribution in [0.4, 0.5) is 0 Å². The summed E-state index contributed by atoms with van der Waals surface area (Å²) >= 11 is 0. The molecule has 4 nitrogen and oxygen atoms in total. The molecule has 5 rings (SSSR count). The Hall–Kier alpha value is -1.81. The van der Waals surface area contributed by atoms with Crippen LogP contribution in [0.1, 0.15) is 73.4 Å². The number of hydrogen-bond acceptors (Lipinski definition) is 3. The van der Waals surface area contributed by atoms with E-state index in [0.717, 1.165) is 29.6 Å². The smallest absolute Gasteiger partial charge is 0.251 e. The van der Waals surface area contributed by atoms with E-state index >= 15 is 0 Å². The normalized spacial score (nSPS) is 23.7. The van der Waals surface area contributed by atoms with Crippen molar-refractivity contribution in [1.29, 1.82) is 0 Å². The molecule has 2 aromatic rings. The van der Waals surface area contributed by atoms with Crippen LogP contribution in [0.2, 0.25) is 0 Å². The lowest BCUT2D eigenvalue weighted by molar-refractivity contribution is 0.0908.